The Bertz CT molecular complexity index is 1460. The molecule has 0 saturated heterocycles. The summed E-state index contributed by atoms with van der Waals surface area (Å²) in [5.41, 5.74) is 3.98. The molecule has 0 atom stereocenters. The highest BCUT2D eigenvalue weighted by atomic mass is 32.2. The molecule has 4 nitrogen and oxygen atoms in total. The van der Waals surface area contributed by atoms with Crippen LogP contribution in [0.1, 0.15) is 31.9 Å². The summed E-state index contributed by atoms with van der Waals surface area (Å²) in [4.78, 5) is 3.83. The van der Waals surface area contributed by atoms with Gasteiger partial charge >= 0.3 is 0 Å². The Hall–Kier alpha value is -3.31. The van der Waals surface area contributed by atoms with Crippen molar-refractivity contribution in [1.29, 1.82) is 0 Å². The summed E-state index contributed by atoms with van der Waals surface area (Å²) >= 11 is 1.71. The van der Waals surface area contributed by atoms with E-state index in [1.807, 2.05) is 25.1 Å². The van der Waals surface area contributed by atoms with Crippen LogP contribution in [-0.4, -0.2) is 20.1 Å². The molecule has 0 saturated carbocycles. The number of nitrogens with zero attached hydrogens (tertiary/aromatic N) is 3. The minimum atomic E-state index is -0.179. The van der Waals surface area contributed by atoms with Gasteiger partial charge in [-0.1, -0.05) is 68.9 Å². The number of fused-ring (bicyclic) bond motifs is 2. The molecule has 0 radical (unpaired) electrons. The zero-order valence-electron chi connectivity index (χ0n) is 18.6. The smallest absolute Gasteiger partial charge is 0.146 e. The van der Waals surface area contributed by atoms with Crippen molar-refractivity contribution in [2.45, 2.75) is 42.9 Å². The Morgan fingerprint density at radius 3 is 2.25 bits per heavy atom. The SMILES string of the molecule is Cc1cc(-n2nc3ccc(Sc4ccc5ccccc5c4)cc3n2)c(O)c(C(C)(C)C)c1. The fourth-order valence-corrected chi connectivity index (χ4v) is 4.82. The average Bonchev–Trinajstić information content (AvgIpc) is 3.17. The Morgan fingerprint density at radius 2 is 1.47 bits per heavy atom. The van der Waals surface area contributed by atoms with Gasteiger partial charge in [-0.05, 0) is 65.1 Å². The van der Waals surface area contributed by atoms with Gasteiger partial charge in [0.15, 0.2) is 0 Å². The van der Waals surface area contributed by atoms with Gasteiger partial charge in [0.2, 0.25) is 0 Å². The molecule has 1 aromatic heterocycles. The second-order valence-corrected chi connectivity index (χ2v) is 10.3. The number of phenolic OH excluding ortho intramolecular Hbond substituents is 1. The highest BCUT2D eigenvalue weighted by Gasteiger charge is 2.22. The lowest BCUT2D eigenvalue weighted by Crippen LogP contribution is -2.13. The molecule has 5 rings (SSSR count). The summed E-state index contributed by atoms with van der Waals surface area (Å²) in [6, 6.07) is 24.9. The van der Waals surface area contributed by atoms with Crippen molar-refractivity contribution < 1.29 is 5.11 Å². The molecule has 32 heavy (non-hydrogen) atoms. The van der Waals surface area contributed by atoms with Crippen LogP contribution in [0.3, 0.4) is 0 Å². The number of aromatic hydroxyl groups is 1. The normalized spacial score (nSPS) is 12.0. The molecule has 5 aromatic rings. The summed E-state index contributed by atoms with van der Waals surface area (Å²) < 4.78 is 0. The van der Waals surface area contributed by atoms with Gasteiger partial charge in [0.25, 0.3) is 0 Å². The Morgan fingerprint density at radius 1 is 0.781 bits per heavy atom. The lowest BCUT2D eigenvalue weighted by atomic mass is 9.85. The van der Waals surface area contributed by atoms with Crippen molar-refractivity contribution in [3.63, 3.8) is 0 Å². The maximum absolute atomic E-state index is 11.0. The third-order valence-electron chi connectivity index (χ3n) is 5.57. The standard InChI is InChI=1S/C27H25N3OS/c1-17-13-22(27(2,3)4)26(31)25(14-17)30-28-23-12-11-21(16-24(23)29-30)32-20-10-9-18-7-5-6-8-19(18)15-20/h5-16,31H,1-4H3. The van der Waals surface area contributed by atoms with E-state index in [9.17, 15) is 5.11 Å². The van der Waals surface area contributed by atoms with Crippen molar-refractivity contribution in [2.24, 2.45) is 0 Å². The highest BCUT2D eigenvalue weighted by Crippen LogP contribution is 2.36. The third-order valence-corrected chi connectivity index (χ3v) is 6.55. The highest BCUT2D eigenvalue weighted by molar-refractivity contribution is 7.99. The molecule has 1 heterocycles. The van der Waals surface area contributed by atoms with Crippen molar-refractivity contribution in [1.82, 2.24) is 15.0 Å². The minimum absolute atomic E-state index is 0.179. The van der Waals surface area contributed by atoms with Gasteiger partial charge in [0, 0.05) is 15.4 Å². The molecule has 0 amide bonds. The molecule has 0 aliphatic carbocycles. The van der Waals surface area contributed by atoms with Gasteiger partial charge < -0.3 is 5.11 Å². The fourth-order valence-electron chi connectivity index (χ4n) is 3.92. The largest absolute Gasteiger partial charge is 0.505 e. The topological polar surface area (TPSA) is 50.9 Å². The second kappa shape index (κ2) is 7.68. The van der Waals surface area contributed by atoms with E-state index in [4.69, 9.17) is 5.10 Å². The first kappa shape index (κ1) is 20.6. The molecular weight excluding hydrogens is 414 g/mol. The second-order valence-electron chi connectivity index (χ2n) is 9.18. The van der Waals surface area contributed by atoms with E-state index in [0.29, 0.717) is 5.69 Å². The number of aryl methyl sites for hydroxylation is 1. The monoisotopic (exact) mass is 439 g/mol. The number of phenols is 1. The lowest BCUT2D eigenvalue weighted by molar-refractivity contribution is 0.440. The van der Waals surface area contributed by atoms with Gasteiger partial charge in [-0.2, -0.15) is 0 Å². The first-order valence-electron chi connectivity index (χ1n) is 10.7. The van der Waals surface area contributed by atoms with Crippen LogP contribution in [0.2, 0.25) is 0 Å². The van der Waals surface area contributed by atoms with Crippen LogP contribution in [0.15, 0.2) is 82.6 Å². The summed E-state index contributed by atoms with van der Waals surface area (Å²) in [5, 5.41) is 22.8. The molecule has 1 N–H and O–H groups in total. The van der Waals surface area contributed by atoms with Gasteiger partial charge in [-0.15, -0.1) is 15.0 Å². The van der Waals surface area contributed by atoms with Crippen LogP contribution in [0.5, 0.6) is 5.75 Å². The summed E-state index contributed by atoms with van der Waals surface area (Å²) in [6.07, 6.45) is 0. The lowest BCUT2D eigenvalue weighted by Gasteiger charge is -2.22. The molecule has 160 valence electrons. The van der Waals surface area contributed by atoms with E-state index < -0.39 is 0 Å². The first-order valence-corrected chi connectivity index (χ1v) is 11.5. The van der Waals surface area contributed by atoms with Gasteiger partial charge in [-0.3, -0.25) is 0 Å². The molecule has 5 heteroatoms. The molecule has 0 bridgehead atoms. The van der Waals surface area contributed by atoms with Gasteiger partial charge in [-0.25, -0.2) is 0 Å². The van der Waals surface area contributed by atoms with Crippen molar-refractivity contribution in [2.75, 3.05) is 0 Å². The summed E-state index contributed by atoms with van der Waals surface area (Å²) in [5.74, 6) is 0.231. The van der Waals surface area contributed by atoms with E-state index in [-0.39, 0.29) is 11.2 Å². The molecule has 0 unspecified atom stereocenters. The predicted octanol–water partition coefficient (Wildman–Crippen LogP) is 7.04. The zero-order valence-corrected chi connectivity index (χ0v) is 19.4. The average molecular weight is 440 g/mol. The van der Waals surface area contributed by atoms with Gasteiger partial charge in [0.1, 0.15) is 22.5 Å². The van der Waals surface area contributed by atoms with E-state index in [1.165, 1.54) is 15.7 Å². The molecule has 0 aliphatic rings. The molecule has 0 aliphatic heterocycles. The first-order chi connectivity index (χ1) is 15.3. The van der Waals surface area contributed by atoms with E-state index in [2.05, 4.69) is 80.5 Å². The Kier molecular flexibility index (Phi) is 4.94. The maximum Gasteiger partial charge on any atom is 0.146 e. The van der Waals surface area contributed by atoms with Gasteiger partial charge in [0.05, 0.1) is 0 Å². The van der Waals surface area contributed by atoms with Crippen LogP contribution in [0.4, 0.5) is 0 Å². The summed E-state index contributed by atoms with van der Waals surface area (Å²) in [7, 11) is 0. The zero-order chi connectivity index (χ0) is 22.5. The quantitative estimate of drug-likeness (QED) is 0.328. The molecular formula is C27H25N3OS. The molecule has 0 fully saturated rings. The van der Waals surface area contributed by atoms with Crippen LogP contribution < -0.4 is 0 Å². The number of hydrogen-bond acceptors (Lipinski definition) is 4. The van der Waals surface area contributed by atoms with Crippen LogP contribution >= 0.6 is 11.8 Å². The minimum Gasteiger partial charge on any atom is -0.505 e. The van der Waals surface area contributed by atoms with Crippen LogP contribution in [0, 0.1) is 6.92 Å². The Labute approximate surface area is 191 Å². The number of aromatic nitrogens is 3. The van der Waals surface area contributed by atoms with E-state index in [0.717, 1.165) is 27.1 Å². The maximum atomic E-state index is 11.0. The predicted molar refractivity (Wildman–Crippen MR) is 132 cm³/mol. The van der Waals surface area contributed by atoms with Crippen molar-refractivity contribution in [3.8, 4) is 11.4 Å². The number of benzene rings is 4. The Balaban J connectivity index is 1.51. The molecule has 4 aromatic carbocycles. The fraction of sp³-hybridized carbons (Fsp3) is 0.185. The van der Waals surface area contributed by atoms with Crippen molar-refractivity contribution >= 4 is 33.6 Å². The van der Waals surface area contributed by atoms with Crippen molar-refractivity contribution in [3.05, 3.63) is 83.9 Å². The summed E-state index contributed by atoms with van der Waals surface area (Å²) in [6.45, 7) is 8.30. The number of hydrogen-bond donors (Lipinski definition) is 1. The van der Waals surface area contributed by atoms with E-state index in [1.54, 1.807) is 16.6 Å². The van der Waals surface area contributed by atoms with Crippen LogP contribution in [0.25, 0.3) is 27.5 Å². The van der Waals surface area contributed by atoms with Crippen LogP contribution in [-0.2, 0) is 5.41 Å². The number of rotatable bonds is 3. The third kappa shape index (κ3) is 3.84. The van der Waals surface area contributed by atoms with E-state index >= 15 is 0 Å². The molecule has 0 spiro atoms.